The molecule has 0 radical (unpaired) electrons. The van der Waals surface area contributed by atoms with Crippen molar-refractivity contribution in [2.75, 3.05) is 6.79 Å². The van der Waals surface area contributed by atoms with Crippen LogP contribution in [0.3, 0.4) is 0 Å². The third-order valence-electron chi connectivity index (χ3n) is 3.40. The highest BCUT2D eigenvalue weighted by Gasteiger charge is 2.13. The Bertz CT molecular complexity index is 615. The molecule has 0 saturated heterocycles. The Morgan fingerprint density at radius 3 is 2.85 bits per heavy atom. The van der Waals surface area contributed by atoms with Crippen LogP contribution in [0.5, 0.6) is 11.5 Å². The van der Waals surface area contributed by atoms with E-state index in [1.807, 2.05) is 36.4 Å². The predicted molar refractivity (Wildman–Crippen MR) is 79.3 cm³/mol. The van der Waals surface area contributed by atoms with E-state index >= 15 is 0 Å². The molecule has 0 bridgehead atoms. The third kappa shape index (κ3) is 2.89. The minimum Gasteiger partial charge on any atom is -0.454 e. The van der Waals surface area contributed by atoms with Crippen molar-refractivity contribution in [2.45, 2.75) is 19.5 Å². The molecule has 1 N–H and O–H groups in total. The van der Waals surface area contributed by atoms with Gasteiger partial charge in [0.05, 0.1) is 0 Å². The van der Waals surface area contributed by atoms with E-state index < -0.39 is 0 Å². The molecule has 20 heavy (non-hydrogen) atoms. The minimum absolute atomic E-state index is 0.235. The number of benzene rings is 2. The molecule has 1 atom stereocenters. The lowest BCUT2D eigenvalue weighted by Gasteiger charge is -2.14. The Hall–Kier alpha value is -1.71. The van der Waals surface area contributed by atoms with Crippen molar-refractivity contribution in [3.63, 3.8) is 0 Å². The molecule has 104 valence electrons. The van der Waals surface area contributed by atoms with E-state index in [-0.39, 0.29) is 6.04 Å². The first-order valence-corrected chi connectivity index (χ1v) is 6.97. The van der Waals surface area contributed by atoms with Gasteiger partial charge in [0.1, 0.15) is 0 Å². The molecule has 1 aliphatic heterocycles. The van der Waals surface area contributed by atoms with Gasteiger partial charge in [-0.1, -0.05) is 29.8 Å². The SMILES string of the molecule is CC(NCc1ccc2c(c1)OCO2)c1cccc(Cl)c1. The van der Waals surface area contributed by atoms with E-state index in [2.05, 4.69) is 18.3 Å². The maximum Gasteiger partial charge on any atom is 0.231 e. The third-order valence-corrected chi connectivity index (χ3v) is 3.63. The highest BCUT2D eigenvalue weighted by molar-refractivity contribution is 6.30. The molecule has 3 nitrogen and oxygen atoms in total. The number of rotatable bonds is 4. The maximum atomic E-state index is 6.01. The Morgan fingerprint density at radius 1 is 1.15 bits per heavy atom. The first kappa shape index (κ1) is 13.3. The van der Waals surface area contributed by atoms with E-state index in [1.54, 1.807) is 0 Å². The molecular weight excluding hydrogens is 274 g/mol. The zero-order valence-electron chi connectivity index (χ0n) is 11.2. The van der Waals surface area contributed by atoms with Crippen LogP contribution in [-0.4, -0.2) is 6.79 Å². The van der Waals surface area contributed by atoms with E-state index in [4.69, 9.17) is 21.1 Å². The topological polar surface area (TPSA) is 30.5 Å². The molecule has 0 amide bonds. The van der Waals surface area contributed by atoms with Gasteiger partial charge in [-0.25, -0.2) is 0 Å². The standard InChI is InChI=1S/C16H16ClNO2/c1-11(13-3-2-4-14(17)8-13)18-9-12-5-6-15-16(7-12)20-10-19-15/h2-8,11,18H,9-10H2,1H3. The molecular formula is C16H16ClNO2. The predicted octanol–water partition coefficient (Wildman–Crippen LogP) is 3.92. The van der Waals surface area contributed by atoms with Crippen LogP contribution in [-0.2, 0) is 6.54 Å². The molecule has 4 heteroatoms. The number of hydrogen-bond donors (Lipinski definition) is 1. The van der Waals surface area contributed by atoms with Crippen LogP contribution in [0.1, 0.15) is 24.1 Å². The fourth-order valence-corrected chi connectivity index (χ4v) is 2.41. The molecule has 0 aromatic heterocycles. The monoisotopic (exact) mass is 289 g/mol. The van der Waals surface area contributed by atoms with Crippen LogP contribution < -0.4 is 14.8 Å². The summed E-state index contributed by atoms with van der Waals surface area (Å²) >= 11 is 6.01. The fourth-order valence-electron chi connectivity index (χ4n) is 2.22. The number of ether oxygens (including phenoxy) is 2. The smallest absolute Gasteiger partial charge is 0.231 e. The largest absolute Gasteiger partial charge is 0.454 e. The van der Waals surface area contributed by atoms with Gasteiger partial charge in [-0.2, -0.15) is 0 Å². The Kier molecular flexibility index (Phi) is 3.81. The summed E-state index contributed by atoms with van der Waals surface area (Å²) in [5.74, 6) is 1.64. The lowest BCUT2D eigenvalue weighted by molar-refractivity contribution is 0.174. The lowest BCUT2D eigenvalue weighted by Crippen LogP contribution is -2.17. The van der Waals surface area contributed by atoms with Crippen LogP contribution in [0.25, 0.3) is 0 Å². The number of hydrogen-bond acceptors (Lipinski definition) is 3. The van der Waals surface area contributed by atoms with Crippen LogP contribution in [0.4, 0.5) is 0 Å². The fraction of sp³-hybridized carbons (Fsp3) is 0.250. The van der Waals surface area contributed by atoms with Crippen molar-refractivity contribution in [1.82, 2.24) is 5.32 Å². The van der Waals surface area contributed by atoms with E-state index in [1.165, 1.54) is 11.1 Å². The number of nitrogens with one attached hydrogen (secondary N) is 1. The molecule has 0 saturated carbocycles. The normalized spacial score (nSPS) is 14.3. The zero-order valence-corrected chi connectivity index (χ0v) is 12.0. The summed E-state index contributed by atoms with van der Waals surface area (Å²) in [5, 5.41) is 4.24. The summed E-state index contributed by atoms with van der Waals surface area (Å²) < 4.78 is 10.7. The number of halogens is 1. The van der Waals surface area contributed by atoms with Crippen molar-refractivity contribution < 1.29 is 9.47 Å². The van der Waals surface area contributed by atoms with Gasteiger partial charge in [-0.15, -0.1) is 0 Å². The second-order valence-corrected chi connectivity index (χ2v) is 5.28. The van der Waals surface area contributed by atoms with Gasteiger partial charge in [-0.05, 0) is 42.3 Å². The van der Waals surface area contributed by atoms with Crippen molar-refractivity contribution in [2.24, 2.45) is 0 Å². The zero-order chi connectivity index (χ0) is 13.9. The van der Waals surface area contributed by atoms with Gasteiger partial charge < -0.3 is 14.8 Å². The molecule has 0 fully saturated rings. The Balaban J connectivity index is 1.64. The van der Waals surface area contributed by atoms with Crippen LogP contribution in [0, 0.1) is 0 Å². The summed E-state index contributed by atoms with van der Waals surface area (Å²) in [6, 6.07) is 14.2. The maximum absolute atomic E-state index is 6.01. The highest BCUT2D eigenvalue weighted by atomic mass is 35.5. The minimum atomic E-state index is 0.235. The van der Waals surface area contributed by atoms with Crippen molar-refractivity contribution >= 4 is 11.6 Å². The Labute approximate surface area is 123 Å². The van der Waals surface area contributed by atoms with Gasteiger partial charge in [0, 0.05) is 17.6 Å². The van der Waals surface area contributed by atoms with Crippen molar-refractivity contribution in [3.8, 4) is 11.5 Å². The quantitative estimate of drug-likeness (QED) is 0.925. The van der Waals surface area contributed by atoms with Crippen molar-refractivity contribution in [1.29, 1.82) is 0 Å². The van der Waals surface area contributed by atoms with Crippen molar-refractivity contribution in [3.05, 3.63) is 58.6 Å². The van der Waals surface area contributed by atoms with Gasteiger partial charge in [0.25, 0.3) is 0 Å². The van der Waals surface area contributed by atoms with Gasteiger partial charge in [-0.3, -0.25) is 0 Å². The first-order chi connectivity index (χ1) is 9.72. The summed E-state index contributed by atoms with van der Waals surface area (Å²) in [6.07, 6.45) is 0. The van der Waals surface area contributed by atoms with E-state index in [0.29, 0.717) is 6.79 Å². The highest BCUT2D eigenvalue weighted by Crippen LogP contribution is 2.32. The van der Waals surface area contributed by atoms with E-state index in [9.17, 15) is 0 Å². The van der Waals surface area contributed by atoms with Gasteiger partial charge in [0.15, 0.2) is 11.5 Å². The summed E-state index contributed by atoms with van der Waals surface area (Å²) in [5.41, 5.74) is 2.35. The molecule has 0 spiro atoms. The van der Waals surface area contributed by atoms with Crippen LogP contribution >= 0.6 is 11.6 Å². The van der Waals surface area contributed by atoms with Crippen LogP contribution in [0.15, 0.2) is 42.5 Å². The molecule has 1 aliphatic rings. The molecule has 1 heterocycles. The molecule has 0 aliphatic carbocycles. The van der Waals surface area contributed by atoms with Gasteiger partial charge >= 0.3 is 0 Å². The molecule has 1 unspecified atom stereocenters. The first-order valence-electron chi connectivity index (χ1n) is 6.60. The van der Waals surface area contributed by atoms with Crippen LogP contribution in [0.2, 0.25) is 5.02 Å². The second kappa shape index (κ2) is 5.73. The summed E-state index contributed by atoms with van der Waals surface area (Å²) in [6.45, 7) is 3.20. The molecule has 2 aromatic carbocycles. The summed E-state index contributed by atoms with van der Waals surface area (Å²) in [4.78, 5) is 0. The van der Waals surface area contributed by atoms with Gasteiger partial charge in [0.2, 0.25) is 6.79 Å². The summed E-state index contributed by atoms with van der Waals surface area (Å²) in [7, 11) is 0. The molecule has 3 rings (SSSR count). The average Bonchev–Trinajstić information content (AvgIpc) is 2.92. The number of fused-ring (bicyclic) bond motifs is 1. The second-order valence-electron chi connectivity index (χ2n) is 4.85. The average molecular weight is 290 g/mol. The lowest BCUT2D eigenvalue weighted by atomic mass is 10.1. The Morgan fingerprint density at radius 2 is 2.00 bits per heavy atom. The van der Waals surface area contributed by atoms with E-state index in [0.717, 1.165) is 23.1 Å². The molecule has 2 aromatic rings.